The molecule has 38 heavy (non-hydrogen) atoms. The zero-order chi connectivity index (χ0) is 26.7. The van der Waals surface area contributed by atoms with Crippen LogP contribution in [-0.4, -0.2) is 19.8 Å². The first-order chi connectivity index (χ1) is 18.3. The topological polar surface area (TPSA) is 44.5 Å². The van der Waals surface area contributed by atoms with E-state index in [2.05, 4.69) is 32.0 Å². The molecule has 0 atom stereocenters. The lowest BCUT2D eigenvalue weighted by Crippen LogP contribution is -2.07. The molecule has 0 spiro atoms. The standard InChI is InChI=1S/C34H63NO2.ClH/c1-3-5-7-9-11-13-15-17-19-21-23-29-36-33-25-26-34(32(31-33)27-28-35)37-30-24-22-20-18-16-14-12-10-8-6-4-2;/h25-26,31H,3-24,27-30,35H2,1-2H3;1H. The molecule has 3 nitrogen and oxygen atoms in total. The molecule has 0 aliphatic carbocycles. The zero-order valence-electron chi connectivity index (χ0n) is 25.4. The van der Waals surface area contributed by atoms with Gasteiger partial charge in [0.1, 0.15) is 11.5 Å². The normalized spacial score (nSPS) is 10.9. The highest BCUT2D eigenvalue weighted by Crippen LogP contribution is 2.25. The summed E-state index contributed by atoms with van der Waals surface area (Å²) in [5.41, 5.74) is 7.05. The van der Waals surface area contributed by atoms with Crippen LogP contribution in [0.2, 0.25) is 0 Å². The average Bonchev–Trinajstić information content (AvgIpc) is 2.91. The van der Waals surface area contributed by atoms with E-state index in [9.17, 15) is 0 Å². The summed E-state index contributed by atoms with van der Waals surface area (Å²) in [5.74, 6) is 1.94. The second kappa shape index (κ2) is 29.1. The molecular formula is C34H64ClNO2. The first-order valence-electron chi connectivity index (χ1n) is 16.4. The van der Waals surface area contributed by atoms with Gasteiger partial charge in [0.15, 0.2) is 0 Å². The van der Waals surface area contributed by atoms with Crippen LogP contribution in [0.1, 0.15) is 161 Å². The molecular weight excluding hydrogens is 490 g/mol. The van der Waals surface area contributed by atoms with Crippen LogP contribution in [0.4, 0.5) is 0 Å². The molecule has 0 amide bonds. The van der Waals surface area contributed by atoms with Gasteiger partial charge >= 0.3 is 0 Å². The molecule has 0 saturated heterocycles. The number of halogens is 1. The minimum atomic E-state index is 0. The summed E-state index contributed by atoms with van der Waals surface area (Å²) in [7, 11) is 0. The van der Waals surface area contributed by atoms with E-state index >= 15 is 0 Å². The lowest BCUT2D eigenvalue weighted by atomic mass is 10.1. The van der Waals surface area contributed by atoms with E-state index in [4.69, 9.17) is 15.2 Å². The minimum Gasteiger partial charge on any atom is -0.494 e. The molecule has 1 rings (SSSR count). The van der Waals surface area contributed by atoms with E-state index in [-0.39, 0.29) is 12.4 Å². The average molecular weight is 554 g/mol. The van der Waals surface area contributed by atoms with Crippen LogP contribution >= 0.6 is 12.4 Å². The maximum Gasteiger partial charge on any atom is 0.122 e. The van der Waals surface area contributed by atoms with Gasteiger partial charge in [-0.1, -0.05) is 142 Å². The van der Waals surface area contributed by atoms with Crippen molar-refractivity contribution in [3.8, 4) is 11.5 Å². The fourth-order valence-corrected chi connectivity index (χ4v) is 5.04. The number of rotatable bonds is 28. The lowest BCUT2D eigenvalue weighted by Gasteiger charge is -2.14. The van der Waals surface area contributed by atoms with Crippen molar-refractivity contribution in [1.29, 1.82) is 0 Å². The number of hydrogen-bond acceptors (Lipinski definition) is 3. The van der Waals surface area contributed by atoms with Crippen LogP contribution < -0.4 is 15.2 Å². The Bertz CT molecular complexity index is 610. The maximum atomic E-state index is 6.13. The Labute approximate surface area is 243 Å². The molecule has 4 heteroatoms. The van der Waals surface area contributed by atoms with Gasteiger partial charge in [0.05, 0.1) is 13.2 Å². The van der Waals surface area contributed by atoms with E-state index in [1.54, 1.807) is 0 Å². The van der Waals surface area contributed by atoms with E-state index < -0.39 is 0 Å². The van der Waals surface area contributed by atoms with Gasteiger partial charge in [-0.25, -0.2) is 0 Å². The molecule has 0 unspecified atom stereocenters. The van der Waals surface area contributed by atoms with Gasteiger partial charge in [0.2, 0.25) is 0 Å². The highest BCUT2D eigenvalue weighted by atomic mass is 35.5. The Balaban J connectivity index is 0.0000137. The summed E-state index contributed by atoms with van der Waals surface area (Å²) >= 11 is 0. The van der Waals surface area contributed by atoms with Crippen molar-refractivity contribution in [2.45, 2.75) is 162 Å². The van der Waals surface area contributed by atoms with Crippen molar-refractivity contribution in [3.05, 3.63) is 23.8 Å². The van der Waals surface area contributed by atoms with E-state index in [1.807, 2.05) is 0 Å². The molecule has 0 fully saturated rings. The number of benzene rings is 1. The van der Waals surface area contributed by atoms with Crippen molar-refractivity contribution in [3.63, 3.8) is 0 Å². The second-order valence-electron chi connectivity index (χ2n) is 11.1. The van der Waals surface area contributed by atoms with E-state index in [0.29, 0.717) is 6.54 Å². The Kier molecular flexibility index (Phi) is 28.4. The van der Waals surface area contributed by atoms with Crippen molar-refractivity contribution in [1.82, 2.24) is 0 Å². The number of nitrogens with two attached hydrogens (primary N) is 1. The van der Waals surface area contributed by atoms with Crippen LogP contribution in [-0.2, 0) is 6.42 Å². The van der Waals surface area contributed by atoms with Gasteiger partial charge in [-0.05, 0) is 49.6 Å². The van der Waals surface area contributed by atoms with Gasteiger partial charge in [-0.3, -0.25) is 0 Å². The van der Waals surface area contributed by atoms with Crippen LogP contribution in [0.5, 0.6) is 11.5 Å². The van der Waals surface area contributed by atoms with Crippen molar-refractivity contribution < 1.29 is 9.47 Å². The third-order valence-electron chi connectivity index (χ3n) is 7.47. The zero-order valence-corrected chi connectivity index (χ0v) is 26.2. The summed E-state index contributed by atoms with van der Waals surface area (Å²) in [4.78, 5) is 0. The van der Waals surface area contributed by atoms with Crippen molar-refractivity contribution in [2.24, 2.45) is 5.73 Å². The fourth-order valence-electron chi connectivity index (χ4n) is 5.04. The maximum absolute atomic E-state index is 6.13. The smallest absolute Gasteiger partial charge is 0.122 e. The number of unbranched alkanes of at least 4 members (excludes halogenated alkanes) is 20. The monoisotopic (exact) mass is 553 g/mol. The first kappa shape index (κ1) is 37.1. The van der Waals surface area contributed by atoms with Crippen LogP contribution in [0, 0.1) is 0 Å². The predicted molar refractivity (Wildman–Crippen MR) is 170 cm³/mol. The summed E-state index contributed by atoms with van der Waals surface area (Å²) in [6.07, 6.45) is 30.7. The molecule has 1 aromatic rings. The van der Waals surface area contributed by atoms with Crippen molar-refractivity contribution in [2.75, 3.05) is 19.8 Å². The van der Waals surface area contributed by atoms with E-state index in [1.165, 1.54) is 134 Å². The fraction of sp³-hybridized carbons (Fsp3) is 0.824. The molecule has 0 aromatic heterocycles. The molecule has 0 heterocycles. The molecule has 2 N–H and O–H groups in total. The summed E-state index contributed by atoms with van der Waals surface area (Å²) in [6.45, 7) is 6.81. The molecule has 224 valence electrons. The SMILES string of the molecule is CCCCCCCCCCCCCOc1ccc(OCCCCCCCCCCCCC)c(CCN)c1.Cl. The lowest BCUT2D eigenvalue weighted by molar-refractivity contribution is 0.293. The predicted octanol–water partition coefficient (Wildman–Crippen LogP) is 11.0. The minimum absolute atomic E-state index is 0. The summed E-state index contributed by atoms with van der Waals surface area (Å²) < 4.78 is 12.2. The second-order valence-corrected chi connectivity index (χ2v) is 11.1. The quantitative estimate of drug-likeness (QED) is 0.105. The Morgan fingerprint density at radius 1 is 0.526 bits per heavy atom. The van der Waals surface area contributed by atoms with Gasteiger partial charge < -0.3 is 15.2 Å². The van der Waals surface area contributed by atoms with Crippen LogP contribution in [0.15, 0.2) is 18.2 Å². The third kappa shape index (κ3) is 21.9. The molecule has 0 saturated carbocycles. The summed E-state index contributed by atoms with van der Waals surface area (Å²) in [5, 5.41) is 0. The molecule has 0 aliphatic rings. The number of ether oxygens (including phenoxy) is 2. The molecule has 1 aromatic carbocycles. The Morgan fingerprint density at radius 2 is 0.921 bits per heavy atom. The summed E-state index contributed by atoms with van der Waals surface area (Å²) in [6, 6.07) is 6.29. The highest BCUT2D eigenvalue weighted by Gasteiger charge is 2.06. The van der Waals surface area contributed by atoms with Gasteiger partial charge in [0, 0.05) is 0 Å². The third-order valence-corrected chi connectivity index (χ3v) is 7.47. The van der Waals surface area contributed by atoms with Gasteiger partial charge in [-0.2, -0.15) is 0 Å². The van der Waals surface area contributed by atoms with E-state index in [0.717, 1.165) is 44.0 Å². The van der Waals surface area contributed by atoms with Gasteiger partial charge in [0.25, 0.3) is 0 Å². The van der Waals surface area contributed by atoms with Crippen molar-refractivity contribution >= 4 is 12.4 Å². The Hall–Kier alpha value is -0.930. The van der Waals surface area contributed by atoms with Crippen LogP contribution in [0.3, 0.4) is 0 Å². The van der Waals surface area contributed by atoms with Crippen LogP contribution in [0.25, 0.3) is 0 Å². The largest absolute Gasteiger partial charge is 0.494 e. The highest BCUT2D eigenvalue weighted by molar-refractivity contribution is 5.85. The van der Waals surface area contributed by atoms with Gasteiger partial charge in [-0.15, -0.1) is 12.4 Å². The molecule has 0 radical (unpaired) electrons. The first-order valence-corrected chi connectivity index (χ1v) is 16.4. The Morgan fingerprint density at radius 3 is 1.34 bits per heavy atom. The molecule has 0 aliphatic heterocycles. The number of hydrogen-bond donors (Lipinski definition) is 1. The molecule has 0 bridgehead atoms.